The average molecular weight is 398 g/mol. The highest BCUT2D eigenvalue weighted by atomic mass is 19.3. The van der Waals surface area contributed by atoms with Crippen molar-refractivity contribution in [1.29, 1.82) is 0 Å². The first-order valence-electron chi connectivity index (χ1n) is 8.44. The van der Waals surface area contributed by atoms with E-state index in [4.69, 9.17) is 0 Å². The second kappa shape index (κ2) is 7.56. The van der Waals surface area contributed by atoms with Gasteiger partial charge in [0.2, 0.25) is 5.91 Å². The molecule has 1 aromatic heterocycles. The molecule has 2 aliphatic heterocycles. The van der Waals surface area contributed by atoms with Gasteiger partial charge < -0.3 is 16.0 Å². The van der Waals surface area contributed by atoms with Crippen LogP contribution >= 0.6 is 0 Å². The molecule has 3 heterocycles. The molecule has 1 aromatic rings. The average Bonchev–Trinajstić information content (AvgIpc) is 3.04. The zero-order chi connectivity index (χ0) is 20.5. The molecule has 2 aliphatic rings. The molecule has 28 heavy (non-hydrogen) atoms. The summed E-state index contributed by atoms with van der Waals surface area (Å²) in [5.41, 5.74) is -0.902. The summed E-state index contributed by atoms with van der Waals surface area (Å²) in [6, 6.07) is 0. The minimum Gasteiger partial charge on any atom is -0.354 e. The van der Waals surface area contributed by atoms with Gasteiger partial charge in [-0.05, 0) is 13.8 Å². The van der Waals surface area contributed by atoms with E-state index in [0.29, 0.717) is 11.4 Å². The summed E-state index contributed by atoms with van der Waals surface area (Å²) >= 11 is 0. The van der Waals surface area contributed by atoms with Crippen LogP contribution in [0, 0.1) is 11.7 Å². The summed E-state index contributed by atoms with van der Waals surface area (Å²) < 4.78 is 52.4. The maximum Gasteiger partial charge on any atom is 0.255 e. The summed E-state index contributed by atoms with van der Waals surface area (Å²) in [4.78, 5) is 24.1. The number of nitrogens with one attached hydrogen (secondary N) is 3. The van der Waals surface area contributed by atoms with Crippen molar-refractivity contribution in [3.63, 3.8) is 0 Å². The highest BCUT2D eigenvalue weighted by Gasteiger charge is 2.33. The van der Waals surface area contributed by atoms with E-state index in [2.05, 4.69) is 30.9 Å². The van der Waals surface area contributed by atoms with Crippen LogP contribution in [0.15, 0.2) is 29.4 Å². The van der Waals surface area contributed by atoms with Gasteiger partial charge in [-0.25, -0.2) is 32.5 Å². The number of hydrogen-bond donors (Lipinski definition) is 3. The maximum absolute atomic E-state index is 14.2. The van der Waals surface area contributed by atoms with Crippen LogP contribution in [-0.4, -0.2) is 40.2 Å². The summed E-state index contributed by atoms with van der Waals surface area (Å²) in [5, 5.41) is 7.58. The molecule has 0 saturated carbocycles. The highest BCUT2D eigenvalue weighted by Crippen LogP contribution is 2.34. The number of alkyl halides is 2. The molecule has 150 valence electrons. The predicted octanol–water partition coefficient (Wildman–Crippen LogP) is 2.36. The van der Waals surface area contributed by atoms with Crippen molar-refractivity contribution in [3.8, 4) is 0 Å². The number of fused-ring (bicyclic) bond motifs is 1. The molecule has 0 spiro atoms. The predicted molar refractivity (Wildman–Crippen MR) is 94.6 cm³/mol. The molecule has 11 heteroatoms. The molecule has 0 saturated heterocycles. The number of rotatable bonds is 6. The van der Waals surface area contributed by atoms with Crippen molar-refractivity contribution >= 4 is 23.1 Å². The van der Waals surface area contributed by atoms with Crippen molar-refractivity contribution in [2.45, 2.75) is 32.2 Å². The third-order valence-electron chi connectivity index (χ3n) is 4.24. The van der Waals surface area contributed by atoms with E-state index in [0.717, 1.165) is 12.4 Å². The normalized spacial score (nSPS) is 18.7. The number of allylic oxidation sites excluding steroid dienone is 1. The molecule has 1 unspecified atom stereocenters. The lowest BCUT2D eigenvalue weighted by molar-refractivity contribution is -0.125. The van der Waals surface area contributed by atoms with Gasteiger partial charge in [0, 0.05) is 18.2 Å². The standard InChI is InChI=1S/C17H18F4N6O/c1-17(2,16(28)25-7-12(20)21)27-15-11(19)6-24-14(26-15)10-5-23-13-9(10)3-8(18)4-22-13/h4-6,9,12H,3,7H2,1-2H3,(H,22,23)(H,25,28)(H,24,26,27). The van der Waals surface area contributed by atoms with Crippen molar-refractivity contribution in [2.75, 3.05) is 11.9 Å². The Morgan fingerprint density at radius 1 is 1.39 bits per heavy atom. The smallest absolute Gasteiger partial charge is 0.255 e. The van der Waals surface area contributed by atoms with Crippen molar-refractivity contribution in [1.82, 2.24) is 20.6 Å². The van der Waals surface area contributed by atoms with Gasteiger partial charge in [0.05, 0.1) is 24.9 Å². The molecule has 0 aliphatic carbocycles. The van der Waals surface area contributed by atoms with Gasteiger partial charge in [-0.1, -0.05) is 0 Å². The van der Waals surface area contributed by atoms with E-state index in [1.165, 1.54) is 13.8 Å². The van der Waals surface area contributed by atoms with Gasteiger partial charge >= 0.3 is 0 Å². The third kappa shape index (κ3) is 4.12. The summed E-state index contributed by atoms with van der Waals surface area (Å²) in [6.45, 7) is 1.98. The van der Waals surface area contributed by atoms with Gasteiger partial charge in [-0.2, -0.15) is 0 Å². The fraction of sp³-hybridized carbons (Fsp3) is 0.412. The summed E-state index contributed by atoms with van der Waals surface area (Å²) in [7, 11) is 0. The number of amidine groups is 1. The van der Waals surface area contributed by atoms with Crippen LogP contribution in [-0.2, 0) is 4.79 Å². The van der Waals surface area contributed by atoms with Gasteiger partial charge in [-0.3, -0.25) is 4.79 Å². The van der Waals surface area contributed by atoms with Crippen molar-refractivity contribution < 1.29 is 22.4 Å². The van der Waals surface area contributed by atoms with Gasteiger partial charge in [-0.15, -0.1) is 0 Å². The molecule has 1 amide bonds. The lowest BCUT2D eigenvalue weighted by Gasteiger charge is -2.26. The number of hydrogen-bond acceptors (Lipinski definition) is 6. The quantitative estimate of drug-likeness (QED) is 0.640. The largest absolute Gasteiger partial charge is 0.354 e. The third-order valence-corrected chi connectivity index (χ3v) is 4.24. The zero-order valence-corrected chi connectivity index (χ0v) is 15.1. The van der Waals surface area contributed by atoms with E-state index >= 15 is 0 Å². The number of nitrogens with zero attached hydrogens (tertiary/aromatic N) is 3. The van der Waals surface area contributed by atoms with E-state index in [-0.39, 0.29) is 18.1 Å². The number of aromatic nitrogens is 2. The Morgan fingerprint density at radius 2 is 2.14 bits per heavy atom. The number of anilines is 1. The van der Waals surface area contributed by atoms with E-state index in [9.17, 15) is 22.4 Å². The van der Waals surface area contributed by atoms with Crippen LogP contribution in [0.3, 0.4) is 0 Å². The number of carbonyl (C=O) groups excluding carboxylic acids is 1. The highest BCUT2D eigenvalue weighted by molar-refractivity contribution is 6.01. The molecule has 0 aromatic carbocycles. The van der Waals surface area contributed by atoms with Crippen molar-refractivity contribution in [3.05, 3.63) is 36.1 Å². The van der Waals surface area contributed by atoms with E-state index in [1.807, 2.05) is 0 Å². The molecule has 0 bridgehead atoms. The number of carbonyl (C=O) groups is 1. The van der Waals surface area contributed by atoms with Crippen LogP contribution in [0.5, 0.6) is 0 Å². The van der Waals surface area contributed by atoms with Gasteiger partial charge in [0.1, 0.15) is 17.2 Å². The second-order valence-corrected chi connectivity index (χ2v) is 6.83. The molecular formula is C17H18F4N6O. The Labute approximate surface area is 158 Å². The fourth-order valence-electron chi connectivity index (χ4n) is 2.78. The lowest BCUT2D eigenvalue weighted by atomic mass is 9.95. The molecule has 0 fully saturated rings. The van der Waals surface area contributed by atoms with Crippen LogP contribution < -0.4 is 16.0 Å². The van der Waals surface area contributed by atoms with Gasteiger partial charge in [0.25, 0.3) is 6.43 Å². The Hall–Kier alpha value is -2.98. The first-order chi connectivity index (χ1) is 13.2. The molecule has 3 rings (SSSR count). The lowest BCUT2D eigenvalue weighted by Crippen LogP contribution is -2.49. The molecule has 1 atom stereocenters. The number of halogens is 4. The van der Waals surface area contributed by atoms with Crippen LogP contribution in [0.25, 0.3) is 5.57 Å². The Morgan fingerprint density at radius 3 is 2.86 bits per heavy atom. The Balaban J connectivity index is 1.80. The van der Waals surface area contributed by atoms with Crippen LogP contribution in [0.4, 0.5) is 23.4 Å². The molecule has 0 radical (unpaired) electrons. The molecular weight excluding hydrogens is 380 g/mol. The summed E-state index contributed by atoms with van der Waals surface area (Å²) in [6.07, 6.45) is 0.970. The fourth-order valence-corrected chi connectivity index (χ4v) is 2.78. The first-order valence-corrected chi connectivity index (χ1v) is 8.44. The maximum atomic E-state index is 14.2. The summed E-state index contributed by atoms with van der Waals surface area (Å²) in [5.74, 6) is -2.01. The monoisotopic (exact) mass is 398 g/mol. The van der Waals surface area contributed by atoms with Crippen LogP contribution in [0.1, 0.15) is 26.1 Å². The van der Waals surface area contributed by atoms with Crippen LogP contribution in [0.2, 0.25) is 0 Å². The van der Waals surface area contributed by atoms with Gasteiger partial charge in [0.15, 0.2) is 17.5 Å². The number of aliphatic imine (C=N–C) groups is 1. The van der Waals surface area contributed by atoms with E-state index < -0.39 is 42.0 Å². The Kier molecular flexibility index (Phi) is 5.34. The molecule has 3 N–H and O–H groups in total. The SMILES string of the molecule is CC(C)(Nc1nc(C2=CNC3=NC=C(F)CC23)ncc1F)C(=O)NCC(F)F. The first kappa shape index (κ1) is 19.8. The zero-order valence-electron chi connectivity index (χ0n) is 15.1. The van der Waals surface area contributed by atoms with Crippen molar-refractivity contribution in [2.24, 2.45) is 10.9 Å². The minimum atomic E-state index is -2.70. The minimum absolute atomic E-state index is 0.0721. The topological polar surface area (TPSA) is 91.3 Å². The number of amides is 1. The van der Waals surface area contributed by atoms with E-state index in [1.54, 1.807) is 6.20 Å². The molecule has 7 nitrogen and oxygen atoms in total. The second-order valence-electron chi connectivity index (χ2n) is 6.83. The Bertz CT molecular complexity index is 880.